The van der Waals surface area contributed by atoms with Crippen LogP contribution in [0.25, 0.3) is 0 Å². The van der Waals surface area contributed by atoms with E-state index in [0.717, 1.165) is 34.1 Å². The maximum atomic E-state index is 11.7. The number of carbonyl (C=O) groups is 4. The van der Waals surface area contributed by atoms with Gasteiger partial charge in [-0.05, 0) is 41.0 Å². The normalized spacial score (nSPS) is 11.5. The quantitative estimate of drug-likeness (QED) is 0.134. The molecule has 4 heterocycles. The Bertz CT molecular complexity index is 1730. The van der Waals surface area contributed by atoms with E-state index in [2.05, 4.69) is 37.2 Å². The highest BCUT2D eigenvalue weighted by Crippen LogP contribution is 2.13. The number of halogens is 1. The van der Waals surface area contributed by atoms with Crippen LogP contribution in [0.2, 0.25) is 0 Å². The summed E-state index contributed by atoms with van der Waals surface area (Å²) in [5, 5.41) is 14.8. The van der Waals surface area contributed by atoms with Gasteiger partial charge in [0, 0.05) is 39.7 Å². The van der Waals surface area contributed by atoms with Gasteiger partial charge in [0.15, 0.2) is 11.4 Å². The van der Waals surface area contributed by atoms with Crippen molar-refractivity contribution in [2.45, 2.75) is 32.3 Å². The third-order valence-electron chi connectivity index (χ3n) is 6.65. The second kappa shape index (κ2) is 18.2. The average Bonchev–Trinajstić information content (AvgIpc) is 3.70. The molecule has 1 amide bonds. The number of nitrogens with one attached hydrogen (secondary N) is 1. The molecule has 0 atom stereocenters. The zero-order valence-electron chi connectivity index (χ0n) is 26.8. The molecule has 248 valence electrons. The summed E-state index contributed by atoms with van der Waals surface area (Å²) in [5.41, 5.74) is 3.97. The van der Waals surface area contributed by atoms with Crippen molar-refractivity contribution < 1.29 is 33.4 Å². The number of hydrogen-bond acceptors (Lipinski definition) is 10. The van der Waals surface area contributed by atoms with Gasteiger partial charge < -0.3 is 19.5 Å². The van der Waals surface area contributed by atoms with E-state index in [1.54, 1.807) is 38.2 Å². The predicted molar refractivity (Wildman–Crippen MR) is 178 cm³/mol. The molecule has 0 unspecified atom stereocenters. The van der Waals surface area contributed by atoms with Crippen LogP contribution in [0.4, 0.5) is 0 Å². The Morgan fingerprint density at radius 2 is 1.55 bits per heavy atom. The summed E-state index contributed by atoms with van der Waals surface area (Å²) in [6, 6.07) is 9.47. The number of benzene rings is 1. The smallest absolute Gasteiger partial charge is 0.357 e. The Balaban J connectivity index is 0.000000216. The first kappa shape index (κ1) is 36.5. The number of fused-ring (bicyclic) bond motifs is 1. The van der Waals surface area contributed by atoms with Crippen LogP contribution < -0.4 is 5.32 Å². The summed E-state index contributed by atoms with van der Waals surface area (Å²) in [4.78, 5) is 45.8. The van der Waals surface area contributed by atoms with E-state index in [0.29, 0.717) is 23.4 Å². The van der Waals surface area contributed by atoms with Crippen molar-refractivity contribution in [2.24, 2.45) is 21.1 Å². The number of aromatic nitrogens is 6. The summed E-state index contributed by atoms with van der Waals surface area (Å²) in [6.07, 6.45) is 7.36. The van der Waals surface area contributed by atoms with Crippen molar-refractivity contribution in [3.8, 4) is 11.8 Å². The number of hydrogen-bond donors (Lipinski definition) is 1. The minimum absolute atomic E-state index is 0.00231. The average molecular weight is 758 g/mol. The lowest BCUT2D eigenvalue weighted by Gasteiger charge is -2.03. The van der Waals surface area contributed by atoms with Crippen LogP contribution >= 0.6 is 22.6 Å². The van der Waals surface area contributed by atoms with Gasteiger partial charge in [-0.1, -0.05) is 42.2 Å². The zero-order chi connectivity index (χ0) is 34.3. The Morgan fingerprint density at radius 1 is 0.915 bits per heavy atom. The third kappa shape index (κ3) is 10.5. The third-order valence-corrected chi connectivity index (χ3v) is 7.44. The lowest BCUT2D eigenvalue weighted by Crippen LogP contribution is -2.25. The van der Waals surface area contributed by atoms with Gasteiger partial charge in [0.25, 0.3) is 5.91 Å². The number of nitrogens with zero attached hydrogens (tertiary/aromatic N) is 6. The number of rotatable bonds is 6. The molecular formula is C32H36IN7O7. The SMILES string of the molecule is COC(=O)c1c(C#CCCC(=O)OCc2ccccc2)cnn1C.COC(=O)c1c(I)cnn1C.Cn1ncc2c1C(=O)NCCC2. The molecule has 0 saturated carbocycles. The van der Waals surface area contributed by atoms with Crippen molar-refractivity contribution in [3.05, 3.63) is 86.3 Å². The van der Waals surface area contributed by atoms with E-state index in [9.17, 15) is 19.2 Å². The van der Waals surface area contributed by atoms with Gasteiger partial charge in [-0.3, -0.25) is 23.6 Å². The maximum Gasteiger partial charge on any atom is 0.357 e. The second-order valence-corrected chi connectivity index (χ2v) is 11.1. The highest BCUT2D eigenvalue weighted by molar-refractivity contribution is 14.1. The van der Waals surface area contributed by atoms with Crippen LogP contribution in [0.1, 0.15) is 67.4 Å². The number of carbonyl (C=O) groups excluding carboxylic acids is 4. The molecule has 15 heteroatoms. The lowest BCUT2D eigenvalue weighted by atomic mass is 10.1. The fraction of sp³-hybridized carbons (Fsp3) is 0.344. The number of esters is 3. The molecule has 4 aromatic rings. The van der Waals surface area contributed by atoms with Crippen LogP contribution in [0.5, 0.6) is 0 Å². The molecule has 1 N–H and O–H groups in total. The summed E-state index contributed by atoms with van der Waals surface area (Å²) in [5.74, 6) is 4.53. The molecule has 1 aromatic carbocycles. The van der Waals surface area contributed by atoms with Crippen LogP contribution in [-0.4, -0.2) is 73.9 Å². The first-order valence-electron chi connectivity index (χ1n) is 14.4. The fourth-order valence-electron chi connectivity index (χ4n) is 4.26. The summed E-state index contributed by atoms with van der Waals surface area (Å²) in [7, 11) is 7.79. The molecule has 0 bridgehead atoms. The number of amides is 1. The Kier molecular flexibility index (Phi) is 14.2. The van der Waals surface area contributed by atoms with E-state index in [-0.39, 0.29) is 36.6 Å². The molecule has 3 aromatic heterocycles. The summed E-state index contributed by atoms with van der Waals surface area (Å²) in [6.45, 7) is 1.02. The number of methoxy groups -OCH3 is 2. The van der Waals surface area contributed by atoms with Crippen molar-refractivity contribution >= 4 is 46.4 Å². The van der Waals surface area contributed by atoms with Gasteiger partial charge in [-0.15, -0.1) is 0 Å². The topological polar surface area (TPSA) is 161 Å². The van der Waals surface area contributed by atoms with Crippen LogP contribution in [0.15, 0.2) is 48.9 Å². The molecule has 0 radical (unpaired) electrons. The number of ether oxygens (including phenoxy) is 3. The minimum Gasteiger partial charge on any atom is -0.464 e. The molecule has 14 nitrogen and oxygen atoms in total. The predicted octanol–water partition coefficient (Wildman–Crippen LogP) is 2.99. The van der Waals surface area contributed by atoms with E-state index in [4.69, 9.17) is 9.47 Å². The van der Waals surface area contributed by atoms with Crippen molar-refractivity contribution in [3.63, 3.8) is 0 Å². The van der Waals surface area contributed by atoms with Crippen LogP contribution in [0, 0.1) is 15.4 Å². The molecule has 0 aliphatic carbocycles. The monoisotopic (exact) mass is 757 g/mol. The molecule has 47 heavy (non-hydrogen) atoms. The first-order chi connectivity index (χ1) is 22.6. The maximum absolute atomic E-state index is 11.7. The van der Waals surface area contributed by atoms with E-state index >= 15 is 0 Å². The highest BCUT2D eigenvalue weighted by atomic mass is 127. The zero-order valence-corrected chi connectivity index (χ0v) is 28.9. The molecule has 0 saturated heterocycles. The largest absolute Gasteiger partial charge is 0.464 e. The van der Waals surface area contributed by atoms with Gasteiger partial charge >= 0.3 is 17.9 Å². The summed E-state index contributed by atoms with van der Waals surface area (Å²) >= 11 is 2.04. The van der Waals surface area contributed by atoms with Crippen LogP contribution in [-0.2, 0) is 53.2 Å². The van der Waals surface area contributed by atoms with Crippen molar-refractivity contribution in [2.75, 3.05) is 20.8 Å². The number of aryl methyl sites for hydroxylation is 4. The van der Waals surface area contributed by atoms with E-state index in [1.807, 2.05) is 52.9 Å². The van der Waals surface area contributed by atoms with Crippen molar-refractivity contribution in [1.29, 1.82) is 0 Å². The fourth-order valence-corrected chi connectivity index (χ4v) is 4.95. The van der Waals surface area contributed by atoms with Gasteiger partial charge in [0.2, 0.25) is 0 Å². The Hall–Kier alpha value is -4.98. The van der Waals surface area contributed by atoms with Crippen molar-refractivity contribution in [1.82, 2.24) is 34.7 Å². The van der Waals surface area contributed by atoms with Gasteiger partial charge in [-0.25, -0.2) is 9.59 Å². The van der Waals surface area contributed by atoms with Gasteiger partial charge in [0.05, 0.1) is 48.4 Å². The Labute approximate surface area is 285 Å². The Morgan fingerprint density at radius 3 is 2.21 bits per heavy atom. The standard InChI is InChI=1S/C18H18N2O4.C8H11N3O.C6H7IN2O2/c1-20-17(18(22)23-2)15(12-19-20)10-6-7-11-16(21)24-13-14-8-4-3-5-9-14;1-11-7-6(5-10-11)3-2-4-9-8(7)12;1-9-5(6(10)11-2)4(7)3-8-9/h3-5,8-9,12H,7,11,13H2,1-2H3;5H,2-4H2,1H3,(H,9,12);3H,1-2H3. The molecule has 1 aliphatic rings. The molecule has 5 rings (SSSR count). The van der Waals surface area contributed by atoms with Gasteiger partial charge in [-0.2, -0.15) is 15.3 Å². The lowest BCUT2D eigenvalue weighted by molar-refractivity contribution is -0.144. The molecule has 0 spiro atoms. The summed E-state index contributed by atoms with van der Waals surface area (Å²) < 4.78 is 19.7. The molecule has 0 fully saturated rings. The molecular weight excluding hydrogens is 721 g/mol. The molecule has 1 aliphatic heterocycles. The minimum atomic E-state index is -0.499. The van der Waals surface area contributed by atoms with Crippen LogP contribution in [0.3, 0.4) is 0 Å². The highest BCUT2D eigenvalue weighted by Gasteiger charge is 2.19. The second-order valence-electron chi connectivity index (χ2n) is 9.93. The van der Waals surface area contributed by atoms with Gasteiger partial charge in [0.1, 0.15) is 12.3 Å². The van der Waals surface area contributed by atoms with E-state index < -0.39 is 5.97 Å². The first-order valence-corrected chi connectivity index (χ1v) is 15.5. The van der Waals surface area contributed by atoms with E-state index in [1.165, 1.54) is 29.8 Å².